The second-order valence-corrected chi connectivity index (χ2v) is 6.15. The van der Waals surface area contributed by atoms with Crippen LogP contribution < -0.4 is 20.1 Å². The molecule has 1 heterocycles. The number of nitrogens with one attached hydrogen (secondary N) is 2. The topological polar surface area (TPSA) is 59.6 Å². The van der Waals surface area contributed by atoms with E-state index in [0.717, 1.165) is 43.7 Å². The van der Waals surface area contributed by atoms with Gasteiger partial charge in [0.05, 0.1) is 0 Å². The van der Waals surface area contributed by atoms with Crippen LogP contribution in [0.5, 0.6) is 11.5 Å². The minimum atomic E-state index is 0.0583. The normalized spacial score (nSPS) is 27.2. The van der Waals surface area contributed by atoms with Crippen LogP contribution in [0.1, 0.15) is 32.6 Å². The number of fused-ring (bicyclic) bond motifs is 1. The van der Waals surface area contributed by atoms with Gasteiger partial charge in [-0.2, -0.15) is 0 Å². The Balaban J connectivity index is 1.40. The number of hydrogen-bond donors (Lipinski definition) is 2. The first-order chi connectivity index (χ1) is 10.7. The fourth-order valence-corrected chi connectivity index (χ4v) is 3.19. The summed E-state index contributed by atoms with van der Waals surface area (Å²) in [6.07, 6.45) is 4.33. The van der Waals surface area contributed by atoms with Crippen molar-refractivity contribution in [1.29, 1.82) is 0 Å². The molecule has 1 atom stereocenters. The number of carbonyl (C=O) groups excluding carboxylic acids is 1. The van der Waals surface area contributed by atoms with Crippen LogP contribution in [0.4, 0.5) is 0 Å². The van der Waals surface area contributed by atoms with E-state index in [0.29, 0.717) is 18.7 Å². The molecule has 1 aromatic rings. The van der Waals surface area contributed by atoms with Crippen LogP contribution in [0.15, 0.2) is 24.3 Å². The summed E-state index contributed by atoms with van der Waals surface area (Å²) in [4.78, 5) is 11.1. The number of carbonyl (C=O) groups is 1. The summed E-state index contributed by atoms with van der Waals surface area (Å²) in [6, 6.07) is 8.64. The minimum Gasteiger partial charge on any atom is -0.486 e. The van der Waals surface area contributed by atoms with Crippen molar-refractivity contribution in [2.45, 2.75) is 50.8 Å². The van der Waals surface area contributed by atoms with Crippen molar-refractivity contribution in [2.75, 3.05) is 13.2 Å². The summed E-state index contributed by atoms with van der Waals surface area (Å²) in [5.74, 6) is 1.73. The van der Waals surface area contributed by atoms with Crippen LogP contribution in [0.2, 0.25) is 0 Å². The highest BCUT2D eigenvalue weighted by Gasteiger charge is 2.24. The molecule has 2 N–H and O–H groups in total. The van der Waals surface area contributed by atoms with E-state index in [1.165, 1.54) is 0 Å². The maximum absolute atomic E-state index is 11.1. The smallest absolute Gasteiger partial charge is 0.217 e. The summed E-state index contributed by atoms with van der Waals surface area (Å²) in [5, 5.41) is 6.59. The van der Waals surface area contributed by atoms with Crippen molar-refractivity contribution < 1.29 is 14.3 Å². The lowest BCUT2D eigenvalue weighted by atomic mass is 9.91. The standard InChI is InChI=1S/C17H24N2O3/c1-12(20)19-14-8-6-13(7-9-14)18-10-15-11-21-16-4-2-3-5-17(16)22-15/h2-5,13-15,18H,6-11H2,1H3,(H,19,20)/t13?,14?,15-/m1/s1. The Labute approximate surface area is 131 Å². The van der Waals surface area contributed by atoms with Crippen LogP contribution in [0.25, 0.3) is 0 Å². The summed E-state index contributed by atoms with van der Waals surface area (Å²) < 4.78 is 11.7. The van der Waals surface area contributed by atoms with E-state index in [1.54, 1.807) is 6.92 Å². The molecule has 5 nitrogen and oxygen atoms in total. The van der Waals surface area contributed by atoms with Crippen molar-refractivity contribution in [2.24, 2.45) is 0 Å². The SMILES string of the molecule is CC(=O)NC1CCC(NC[C@@H]2COc3ccccc3O2)CC1. The van der Waals surface area contributed by atoms with Crippen molar-refractivity contribution in [3.05, 3.63) is 24.3 Å². The molecule has 1 aliphatic carbocycles. The Bertz CT molecular complexity index is 512. The third-order valence-electron chi connectivity index (χ3n) is 4.34. The molecular formula is C17H24N2O3. The molecule has 1 fully saturated rings. The van der Waals surface area contributed by atoms with E-state index in [1.807, 2.05) is 24.3 Å². The molecule has 0 saturated heterocycles. The van der Waals surface area contributed by atoms with Crippen LogP contribution in [-0.2, 0) is 4.79 Å². The van der Waals surface area contributed by atoms with E-state index in [9.17, 15) is 4.79 Å². The first-order valence-corrected chi connectivity index (χ1v) is 8.09. The van der Waals surface area contributed by atoms with Crippen molar-refractivity contribution in [3.8, 4) is 11.5 Å². The molecule has 5 heteroatoms. The zero-order valence-corrected chi connectivity index (χ0v) is 13.0. The van der Waals surface area contributed by atoms with Gasteiger partial charge in [0.1, 0.15) is 12.7 Å². The van der Waals surface area contributed by atoms with Crippen LogP contribution in [-0.4, -0.2) is 37.2 Å². The molecule has 1 saturated carbocycles. The van der Waals surface area contributed by atoms with Crippen molar-refractivity contribution in [1.82, 2.24) is 10.6 Å². The molecule has 3 rings (SSSR count). The lowest BCUT2D eigenvalue weighted by molar-refractivity contribution is -0.119. The third-order valence-corrected chi connectivity index (χ3v) is 4.34. The maximum atomic E-state index is 11.1. The maximum Gasteiger partial charge on any atom is 0.217 e. The molecule has 1 aromatic carbocycles. The van der Waals surface area contributed by atoms with E-state index in [4.69, 9.17) is 9.47 Å². The fourth-order valence-electron chi connectivity index (χ4n) is 3.19. The van der Waals surface area contributed by atoms with E-state index < -0.39 is 0 Å². The van der Waals surface area contributed by atoms with Gasteiger partial charge in [-0.1, -0.05) is 12.1 Å². The number of amides is 1. The zero-order chi connectivity index (χ0) is 15.4. The van der Waals surface area contributed by atoms with Gasteiger partial charge >= 0.3 is 0 Å². The molecular weight excluding hydrogens is 280 g/mol. The Hall–Kier alpha value is -1.75. The van der Waals surface area contributed by atoms with Gasteiger partial charge in [-0.05, 0) is 37.8 Å². The van der Waals surface area contributed by atoms with Gasteiger partial charge in [0.2, 0.25) is 5.91 Å². The lowest BCUT2D eigenvalue weighted by Gasteiger charge is -2.32. The average Bonchev–Trinajstić information content (AvgIpc) is 2.53. The van der Waals surface area contributed by atoms with Crippen molar-refractivity contribution >= 4 is 5.91 Å². The highest BCUT2D eigenvalue weighted by atomic mass is 16.6. The molecule has 1 aliphatic heterocycles. The Morgan fingerprint density at radius 3 is 2.55 bits per heavy atom. The summed E-state index contributed by atoms with van der Waals surface area (Å²) in [7, 11) is 0. The third kappa shape index (κ3) is 3.91. The second kappa shape index (κ2) is 7.01. The van der Waals surface area contributed by atoms with Crippen LogP contribution in [0.3, 0.4) is 0 Å². The molecule has 0 radical (unpaired) electrons. The Morgan fingerprint density at radius 2 is 1.82 bits per heavy atom. The molecule has 0 aromatic heterocycles. The molecule has 120 valence electrons. The van der Waals surface area contributed by atoms with Gasteiger partial charge < -0.3 is 20.1 Å². The molecule has 0 bridgehead atoms. The minimum absolute atomic E-state index is 0.0583. The van der Waals surface area contributed by atoms with E-state index in [-0.39, 0.29) is 12.0 Å². The number of ether oxygens (including phenoxy) is 2. The van der Waals surface area contributed by atoms with Gasteiger partial charge in [0.25, 0.3) is 0 Å². The average molecular weight is 304 g/mol. The first kappa shape index (κ1) is 15.2. The number of hydrogen-bond acceptors (Lipinski definition) is 4. The van der Waals surface area contributed by atoms with E-state index in [2.05, 4.69) is 10.6 Å². The summed E-state index contributed by atoms with van der Waals surface area (Å²) in [6.45, 7) is 2.97. The summed E-state index contributed by atoms with van der Waals surface area (Å²) in [5.41, 5.74) is 0. The predicted octanol–water partition coefficient (Wildman–Crippen LogP) is 1.86. The number of benzene rings is 1. The van der Waals surface area contributed by atoms with Crippen LogP contribution >= 0.6 is 0 Å². The Kier molecular flexibility index (Phi) is 4.83. The largest absolute Gasteiger partial charge is 0.486 e. The summed E-state index contributed by atoms with van der Waals surface area (Å²) >= 11 is 0. The predicted molar refractivity (Wildman–Crippen MR) is 84.2 cm³/mol. The lowest BCUT2D eigenvalue weighted by Crippen LogP contribution is -2.46. The molecule has 1 amide bonds. The van der Waals surface area contributed by atoms with Gasteiger partial charge in [0, 0.05) is 25.6 Å². The quantitative estimate of drug-likeness (QED) is 0.891. The molecule has 0 spiro atoms. The number of rotatable bonds is 4. The highest BCUT2D eigenvalue weighted by molar-refractivity contribution is 5.73. The fraction of sp³-hybridized carbons (Fsp3) is 0.588. The van der Waals surface area contributed by atoms with Crippen LogP contribution in [0, 0.1) is 0 Å². The highest BCUT2D eigenvalue weighted by Crippen LogP contribution is 2.30. The van der Waals surface area contributed by atoms with Gasteiger partial charge in [-0.3, -0.25) is 4.79 Å². The van der Waals surface area contributed by atoms with Gasteiger partial charge in [-0.25, -0.2) is 0 Å². The Morgan fingerprint density at radius 1 is 1.14 bits per heavy atom. The molecule has 0 unspecified atom stereocenters. The van der Waals surface area contributed by atoms with Gasteiger partial charge in [-0.15, -0.1) is 0 Å². The second-order valence-electron chi connectivity index (χ2n) is 6.15. The monoisotopic (exact) mass is 304 g/mol. The van der Waals surface area contributed by atoms with Crippen molar-refractivity contribution in [3.63, 3.8) is 0 Å². The molecule has 22 heavy (non-hydrogen) atoms. The molecule has 2 aliphatic rings. The van der Waals surface area contributed by atoms with E-state index >= 15 is 0 Å². The zero-order valence-electron chi connectivity index (χ0n) is 13.0. The van der Waals surface area contributed by atoms with Gasteiger partial charge in [0.15, 0.2) is 11.5 Å². The first-order valence-electron chi connectivity index (χ1n) is 8.09. The number of para-hydroxylation sites is 2.